The van der Waals surface area contributed by atoms with Crippen molar-refractivity contribution in [2.75, 3.05) is 13.7 Å². The Morgan fingerprint density at radius 3 is 3.04 bits per heavy atom. The van der Waals surface area contributed by atoms with E-state index in [1.54, 1.807) is 24.3 Å². The van der Waals surface area contributed by atoms with Gasteiger partial charge in [0.05, 0.1) is 12.6 Å². The summed E-state index contributed by atoms with van der Waals surface area (Å²) in [7, 11) is 1.79. The molecule has 120 valence electrons. The van der Waals surface area contributed by atoms with Crippen LogP contribution in [0.3, 0.4) is 0 Å². The summed E-state index contributed by atoms with van der Waals surface area (Å²) in [5.74, 6) is 0.866. The number of amides is 2. The lowest BCUT2D eigenvalue weighted by Crippen LogP contribution is -2.39. The van der Waals surface area contributed by atoms with E-state index in [0.29, 0.717) is 13.2 Å². The molecule has 1 aliphatic rings. The Balaban J connectivity index is 1.67. The average molecular weight is 311 g/mol. The van der Waals surface area contributed by atoms with Crippen LogP contribution in [0.1, 0.15) is 30.0 Å². The first-order valence-electron chi connectivity index (χ1n) is 7.86. The van der Waals surface area contributed by atoms with E-state index in [1.165, 1.54) is 0 Å². The minimum Gasteiger partial charge on any atom is -0.493 e. The lowest BCUT2D eigenvalue weighted by atomic mass is 10.0. The first-order valence-corrected chi connectivity index (χ1v) is 7.86. The van der Waals surface area contributed by atoms with Crippen LogP contribution in [0.2, 0.25) is 0 Å². The second-order valence-electron chi connectivity index (χ2n) is 5.75. The molecule has 1 aromatic heterocycles. The Hall–Kier alpha value is -2.56. The van der Waals surface area contributed by atoms with Crippen LogP contribution in [0.25, 0.3) is 0 Å². The van der Waals surface area contributed by atoms with Crippen molar-refractivity contribution in [2.45, 2.75) is 25.4 Å². The van der Waals surface area contributed by atoms with Gasteiger partial charge in [-0.3, -0.25) is 4.98 Å². The number of rotatable bonds is 3. The molecule has 1 atom stereocenters. The Bertz CT molecular complexity index is 660. The highest BCUT2D eigenvalue weighted by atomic mass is 16.5. The fourth-order valence-electron chi connectivity index (χ4n) is 2.77. The average Bonchev–Trinajstić information content (AvgIpc) is 2.78. The van der Waals surface area contributed by atoms with Gasteiger partial charge in [0.25, 0.3) is 0 Å². The first kappa shape index (κ1) is 15.3. The number of para-hydroxylation sites is 1. The van der Waals surface area contributed by atoms with Gasteiger partial charge in [0.15, 0.2) is 0 Å². The van der Waals surface area contributed by atoms with Crippen LogP contribution in [-0.4, -0.2) is 29.6 Å². The molecule has 0 radical (unpaired) electrons. The Labute approximate surface area is 136 Å². The minimum absolute atomic E-state index is 0.0162. The van der Waals surface area contributed by atoms with Gasteiger partial charge in [-0.1, -0.05) is 24.3 Å². The van der Waals surface area contributed by atoms with Gasteiger partial charge in [-0.25, -0.2) is 4.79 Å². The molecule has 5 nitrogen and oxygen atoms in total. The predicted octanol–water partition coefficient (Wildman–Crippen LogP) is 3.14. The van der Waals surface area contributed by atoms with Gasteiger partial charge in [-0.2, -0.15) is 0 Å². The molecule has 0 spiro atoms. The molecule has 2 amide bonds. The van der Waals surface area contributed by atoms with Crippen molar-refractivity contribution >= 4 is 6.03 Å². The van der Waals surface area contributed by atoms with E-state index in [2.05, 4.69) is 10.3 Å². The zero-order chi connectivity index (χ0) is 16.1. The van der Waals surface area contributed by atoms with Crippen molar-refractivity contribution in [3.05, 3.63) is 59.9 Å². The second kappa shape index (κ2) is 7.13. The number of carbonyl (C=O) groups excluding carboxylic acids is 1. The van der Waals surface area contributed by atoms with Gasteiger partial charge < -0.3 is 15.0 Å². The number of nitrogens with zero attached hydrogens (tertiary/aromatic N) is 2. The molecular weight excluding hydrogens is 290 g/mol. The minimum atomic E-state index is -0.0874. The van der Waals surface area contributed by atoms with Crippen LogP contribution in [-0.2, 0) is 6.54 Å². The summed E-state index contributed by atoms with van der Waals surface area (Å²) < 4.78 is 5.74. The third-order valence-electron chi connectivity index (χ3n) is 3.98. The van der Waals surface area contributed by atoms with Crippen molar-refractivity contribution < 1.29 is 9.53 Å². The Kier molecular flexibility index (Phi) is 4.76. The molecule has 0 unspecified atom stereocenters. The number of pyridine rings is 1. The largest absolute Gasteiger partial charge is 0.493 e. The molecule has 2 aromatic rings. The van der Waals surface area contributed by atoms with E-state index in [9.17, 15) is 4.79 Å². The Morgan fingerprint density at radius 2 is 2.22 bits per heavy atom. The van der Waals surface area contributed by atoms with Gasteiger partial charge in [0.2, 0.25) is 0 Å². The van der Waals surface area contributed by atoms with E-state index in [1.807, 2.05) is 36.4 Å². The number of fused-ring (bicyclic) bond motifs is 1. The molecule has 1 aromatic carbocycles. The molecule has 5 heteroatoms. The predicted molar refractivity (Wildman–Crippen MR) is 88.1 cm³/mol. The second-order valence-corrected chi connectivity index (χ2v) is 5.75. The molecular formula is C18H21N3O2. The number of ether oxygens (including phenoxy) is 1. The molecule has 3 rings (SSSR count). The standard InChI is InChI=1S/C18H21N3O2/c1-21(13-14-6-4-10-19-12-14)18(22)20-16-8-5-11-23-17-9-3-2-7-15(16)17/h2-4,6-7,9-10,12,16H,5,8,11,13H2,1H3,(H,20,22)/t16-/m0/s1. The molecule has 1 N–H and O–H groups in total. The lowest BCUT2D eigenvalue weighted by Gasteiger charge is -2.23. The summed E-state index contributed by atoms with van der Waals surface area (Å²) in [6.45, 7) is 1.22. The van der Waals surface area contributed by atoms with Crippen LogP contribution in [0, 0.1) is 0 Å². The third-order valence-corrected chi connectivity index (χ3v) is 3.98. The smallest absolute Gasteiger partial charge is 0.317 e. The van der Waals surface area contributed by atoms with E-state index in [0.717, 1.165) is 29.7 Å². The van der Waals surface area contributed by atoms with Crippen LogP contribution in [0.4, 0.5) is 4.79 Å². The van der Waals surface area contributed by atoms with E-state index < -0.39 is 0 Å². The van der Waals surface area contributed by atoms with Crippen molar-refractivity contribution in [1.82, 2.24) is 15.2 Å². The van der Waals surface area contributed by atoms with E-state index in [-0.39, 0.29) is 12.1 Å². The molecule has 0 bridgehead atoms. The molecule has 1 aliphatic heterocycles. The lowest BCUT2D eigenvalue weighted by molar-refractivity contribution is 0.202. The summed E-state index contributed by atoms with van der Waals surface area (Å²) >= 11 is 0. The Morgan fingerprint density at radius 1 is 1.35 bits per heavy atom. The van der Waals surface area contributed by atoms with Gasteiger partial charge >= 0.3 is 6.03 Å². The SMILES string of the molecule is CN(Cc1cccnc1)C(=O)N[C@H]1CCCOc2ccccc21. The highest BCUT2D eigenvalue weighted by Gasteiger charge is 2.22. The van der Waals surface area contributed by atoms with Crippen LogP contribution < -0.4 is 10.1 Å². The quantitative estimate of drug-likeness (QED) is 0.947. The number of hydrogen-bond acceptors (Lipinski definition) is 3. The number of aromatic nitrogens is 1. The topological polar surface area (TPSA) is 54.5 Å². The van der Waals surface area contributed by atoms with Gasteiger partial charge in [-0.15, -0.1) is 0 Å². The maximum atomic E-state index is 12.5. The summed E-state index contributed by atoms with van der Waals surface area (Å²) in [5.41, 5.74) is 2.06. The molecule has 0 aliphatic carbocycles. The van der Waals surface area contributed by atoms with Crippen LogP contribution in [0.5, 0.6) is 5.75 Å². The van der Waals surface area contributed by atoms with Crippen LogP contribution in [0.15, 0.2) is 48.8 Å². The van der Waals surface area contributed by atoms with Crippen molar-refractivity contribution in [3.63, 3.8) is 0 Å². The van der Waals surface area contributed by atoms with Crippen LogP contribution >= 0.6 is 0 Å². The summed E-state index contributed by atoms with van der Waals surface area (Å²) in [6, 6.07) is 11.6. The van der Waals surface area contributed by atoms with Crippen molar-refractivity contribution in [1.29, 1.82) is 0 Å². The van der Waals surface area contributed by atoms with Crippen molar-refractivity contribution in [2.24, 2.45) is 0 Å². The maximum Gasteiger partial charge on any atom is 0.317 e. The first-order chi connectivity index (χ1) is 11.2. The molecule has 0 saturated heterocycles. The number of carbonyl (C=O) groups is 1. The fraction of sp³-hybridized carbons (Fsp3) is 0.333. The van der Waals surface area contributed by atoms with E-state index >= 15 is 0 Å². The molecule has 23 heavy (non-hydrogen) atoms. The zero-order valence-electron chi connectivity index (χ0n) is 13.2. The summed E-state index contributed by atoms with van der Waals surface area (Å²) in [6.07, 6.45) is 5.31. The van der Waals surface area contributed by atoms with E-state index in [4.69, 9.17) is 4.74 Å². The summed E-state index contributed by atoms with van der Waals surface area (Å²) in [5, 5.41) is 3.12. The molecule has 2 heterocycles. The van der Waals surface area contributed by atoms with Gasteiger partial charge in [0.1, 0.15) is 5.75 Å². The summed E-state index contributed by atoms with van der Waals surface area (Å²) in [4.78, 5) is 18.2. The molecule has 0 fully saturated rings. The third kappa shape index (κ3) is 3.80. The molecule has 0 saturated carbocycles. The highest BCUT2D eigenvalue weighted by Crippen LogP contribution is 2.31. The number of benzene rings is 1. The number of nitrogens with one attached hydrogen (secondary N) is 1. The number of urea groups is 1. The van der Waals surface area contributed by atoms with Crippen molar-refractivity contribution in [3.8, 4) is 5.75 Å². The highest BCUT2D eigenvalue weighted by molar-refractivity contribution is 5.74. The maximum absolute atomic E-state index is 12.5. The monoisotopic (exact) mass is 311 g/mol. The fourth-order valence-corrected chi connectivity index (χ4v) is 2.77. The van der Waals surface area contributed by atoms with Gasteiger partial charge in [0, 0.05) is 31.5 Å². The normalized spacial score (nSPS) is 16.7. The number of hydrogen-bond donors (Lipinski definition) is 1. The zero-order valence-corrected chi connectivity index (χ0v) is 13.2. The van der Waals surface area contributed by atoms with Gasteiger partial charge in [-0.05, 0) is 30.5 Å².